The number of rotatable bonds is 5. The first kappa shape index (κ1) is 21.4. The van der Waals surface area contributed by atoms with Gasteiger partial charge in [-0.3, -0.25) is 14.2 Å². The Kier molecular flexibility index (Phi) is 5.47. The van der Waals surface area contributed by atoms with E-state index in [1.54, 1.807) is 0 Å². The molecule has 0 unspecified atom stereocenters. The van der Waals surface area contributed by atoms with E-state index < -0.39 is 0 Å². The Morgan fingerprint density at radius 1 is 1.30 bits per heavy atom. The van der Waals surface area contributed by atoms with Gasteiger partial charge in [-0.15, -0.1) is 0 Å². The minimum Gasteiger partial charge on any atom is -0.341 e. The molecule has 0 saturated carbocycles. The number of carbonyl (C=O) groups is 1. The summed E-state index contributed by atoms with van der Waals surface area (Å²) in [7, 11) is 0. The number of hydrogen-bond acceptors (Lipinski definition) is 6. The fourth-order valence-corrected chi connectivity index (χ4v) is 4.69. The molecule has 172 valence electrons. The maximum absolute atomic E-state index is 13.6. The number of amides is 1. The summed E-state index contributed by atoms with van der Waals surface area (Å²) in [6, 6.07) is 5.98. The maximum atomic E-state index is 13.6. The molecule has 4 heterocycles. The molecule has 0 spiro atoms. The molecule has 0 N–H and O–H groups in total. The van der Waals surface area contributed by atoms with Crippen LogP contribution in [0.5, 0.6) is 0 Å². The molecule has 0 radical (unpaired) electrons. The minimum atomic E-state index is -0.232. The number of nitrogens with zero attached hydrogens (tertiary/aromatic N) is 6. The topological polar surface area (TPSA) is 99.0 Å². The van der Waals surface area contributed by atoms with Crippen LogP contribution < -0.4 is 5.56 Å². The van der Waals surface area contributed by atoms with Gasteiger partial charge < -0.3 is 14.0 Å². The van der Waals surface area contributed by atoms with E-state index in [9.17, 15) is 9.59 Å². The average Bonchev–Trinajstić information content (AvgIpc) is 3.38. The van der Waals surface area contributed by atoms with Crippen LogP contribution in [-0.2, 0) is 24.3 Å². The van der Waals surface area contributed by atoms with Crippen molar-refractivity contribution in [2.45, 2.75) is 53.1 Å². The van der Waals surface area contributed by atoms with E-state index in [0.717, 1.165) is 42.4 Å². The monoisotopic (exact) mass is 448 g/mol. The molecule has 1 aliphatic heterocycles. The lowest BCUT2D eigenvalue weighted by molar-refractivity contribution is -0.133. The molecule has 1 aromatic carbocycles. The highest BCUT2D eigenvalue weighted by Gasteiger charge is 2.24. The summed E-state index contributed by atoms with van der Waals surface area (Å²) in [4.78, 5) is 37.6. The summed E-state index contributed by atoms with van der Waals surface area (Å²) < 4.78 is 8.55. The minimum absolute atomic E-state index is 0.0280. The lowest BCUT2D eigenvalue weighted by Gasteiger charge is -2.31. The molecule has 9 nitrogen and oxygen atoms in total. The van der Waals surface area contributed by atoms with Crippen molar-refractivity contribution in [3.8, 4) is 0 Å². The number of fused-ring (bicyclic) bond motifs is 3. The zero-order valence-corrected chi connectivity index (χ0v) is 19.2. The number of hydrogen-bond donors (Lipinski definition) is 0. The Balaban J connectivity index is 1.60. The third-order valence-electron chi connectivity index (χ3n) is 6.42. The van der Waals surface area contributed by atoms with Crippen LogP contribution in [0.3, 0.4) is 0 Å². The van der Waals surface area contributed by atoms with E-state index in [2.05, 4.69) is 22.0 Å². The van der Waals surface area contributed by atoms with Crippen LogP contribution in [-0.4, -0.2) is 48.2 Å². The second kappa shape index (κ2) is 8.46. The molecular formula is C24H28N6O3. The standard InChI is InChI=1S/C24H28N6O3/c1-4-19-26-20(33-27-19)12-29-14-25-22-17-10-15(2)7-8-18(17)30(23(22)24(29)32)13-21(31)28-9-5-6-16(3)11-28/h7-8,10,14,16H,4-6,9,11-13H2,1-3H3/t16-/m0/s1. The van der Waals surface area contributed by atoms with E-state index in [4.69, 9.17) is 4.52 Å². The molecule has 1 atom stereocenters. The van der Waals surface area contributed by atoms with Gasteiger partial charge >= 0.3 is 0 Å². The van der Waals surface area contributed by atoms with Crippen molar-refractivity contribution < 1.29 is 9.32 Å². The summed E-state index contributed by atoms with van der Waals surface area (Å²) >= 11 is 0. The Morgan fingerprint density at radius 3 is 2.91 bits per heavy atom. The quantitative estimate of drug-likeness (QED) is 0.466. The van der Waals surface area contributed by atoms with E-state index in [1.807, 2.05) is 41.5 Å². The zero-order chi connectivity index (χ0) is 23.1. The Hall–Kier alpha value is -3.49. The molecule has 0 aliphatic carbocycles. The predicted molar refractivity (Wildman–Crippen MR) is 124 cm³/mol. The molecular weight excluding hydrogens is 420 g/mol. The Bertz CT molecular complexity index is 1400. The van der Waals surface area contributed by atoms with Crippen molar-refractivity contribution in [3.63, 3.8) is 0 Å². The summed E-state index contributed by atoms with van der Waals surface area (Å²) in [6.07, 6.45) is 4.32. The maximum Gasteiger partial charge on any atom is 0.278 e. The van der Waals surface area contributed by atoms with Crippen LogP contribution >= 0.6 is 0 Å². The highest BCUT2D eigenvalue weighted by atomic mass is 16.5. The molecule has 1 fully saturated rings. The van der Waals surface area contributed by atoms with Gasteiger partial charge in [0.15, 0.2) is 5.82 Å². The van der Waals surface area contributed by atoms with Crippen LogP contribution in [0.2, 0.25) is 0 Å². The molecule has 1 aliphatic rings. The second-order valence-electron chi connectivity index (χ2n) is 9.03. The first-order valence-corrected chi connectivity index (χ1v) is 11.5. The van der Waals surface area contributed by atoms with Gasteiger partial charge in [0.05, 0.1) is 11.8 Å². The zero-order valence-electron chi connectivity index (χ0n) is 19.2. The van der Waals surface area contributed by atoms with Crippen molar-refractivity contribution in [2.75, 3.05) is 13.1 Å². The van der Waals surface area contributed by atoms with Gasteiger partial charge in [0, 0.05) is 24.9 Å². The largest absolute Gasteiger partial charge is 0.341 e. The summed E-state index contributed by atoms with van der Waals surface area (Å²) in [5.41, 5.74) is 2.70. The normalized spacial score (nSPS) is 16.7. The van der Waals surface area contributed by atoms with Crippen LogP contribution in [0, 0.1) is 12.8 Å². The highest BCUT2D eigenvalue weighted by molar-refractivity contribution is 6.06. The lowest BCUT2D eigenvalue weighted by Crippen LogP contribution is -2.41. The Labute approximate surface area is 191 Å². The van der Waals surface area contributed by atoms with Gasteiger partial charge in [-0.25, -0.2) is 4.98 Å². The van der Waals surface area contributed by atoms with Gasteiger partial charge in [-0.1, -0.05) is 30.6 Å². The van der Waals surface area contributed by atoms with Crippen molar-refractivity contribution in [1.29, 1.82) is 0 Å². The number of likely N-dealkylation sites (tertiary alicyclic amines) is 1. The molecule has 1 saturated heterocycles. The lowest BCUT2D eigenvalue weighted by atomic mass is 10.0. The third-order valence-corrected chi connectivity index (χ3v) is 6.42. The number of benzene rings is 1. The van der Waals surface area contributed by atoms with Crippen LogP contribution in [0.1, 0.15) is 44.0 Å². The fraction of sp³-hybridized carbons (Fsp3) is 0.458. The fourth-order valence-electron chi connectivity index (χ4n) is 4.69. The number of piperidine rings is 1. The van der Waals surface area contributed by atoms with Gasteiger partial charge in [0.1, 0.15) is 24.1 Å². The van der Waals surface area contributed by atoms with Crippen molar-refractivity contribution in [3.05, 3.63) is 52.2 Å². The summed E-state index contributed by atoms with van der Waals surface area (Å²) in [5.74, 6) is 1.47. The van der Waals surface area contributed by atoms with Gasteiger partial charge in [-0.05, 0) is 37.8 Å². The van der Waals surface area contributed by atoms with Gasteiger partial charge in [-0.2, -0.15) is 4.98 Å². The van der Waals surface area contributed by atoms with E-state index >= 15 is 0 Å². The van der Waals surface area contributed by atoms with E-state index in [1.165, 1.54) is 10.9 Å². The van der Waals surface area contributed by atoms with Crippen LogP contribution in [0.15, 0.2) is 33.8 Å². The highest BCUT2D eigenvalue weighted by Crippen LogP contribution is 2.27. The number of aryl methyl sites for hydroxylation is 2. The molecule has 4 aromatic rings. The number of aromatic nitrogens is 5. The smallest absolute Gasteiger partial charge is 0.278 e. The second-order valence-corrected chi connectivity index (χ2v) is 9.03. The van der Waals surface area contributed by atoms with Crippen molar-refractivity contribution in [2.24, 2.45) is 5.92 Å². The van der Waals surface area contributed by atoms with Crippen molar-refractivity contribution in [1.82, 2.24) is 29.2 Å². The first-order chi connectivity index (χ1) is 15.9. The molecule has 0 bridgehead atoms. The van der Waals surface area contributed by atoms with E-state index in [-0.39, 0.29) is 24.6 Å². The van der Waals surface area contributed by atoms with Gasteiger partial charge in [0.2, 0.25) is 11.8 Å². The average molecular weight is 449 g/mol. The molecule has 9 heteroatoms. The predicted octanol–water partition coefficient (Wildman–Crippen LogP) is 2.91. The third kappa shape index (κ3) is 3.92. The first-order valence-electron chi connectivity index (χ1n) is 11.5. The Morgan fingerprint density at radius 2 is 2.15 bits per heavy atom. The molecule has 33 heavy (non-hydrogen) atoms. The van der Waals surface area contributed by atoms with Crippen molar-refractivity contribution >= 4 is 27.8 Å². The van der Waals surface area contributed by atoms with E-state index in [0.29, 0.717) is 35.1 Å². The summed E-state index contributed by atoms with van der Waals surface area (Å²) in [5, 5.41) is 4.78. The van der Waals surface area contributed by atoms with Gasteiger partial charge in [0.25, 0.3) is 5.56 Å². The molecule has 5 rings (SSSR count). The SMILES string of the molecule is CCc1noc(Cn2cnc3c4cc(C)ccc4n(CC(=O)N4CCC[C@H](C)C4)c3c2=O)n1. The molecule has 1 amide bonds. The molecule has 3 aromatic heterocycles. The van der Waals surface area contributed by atoms with Crippen LogP contribution in [0.4, 0.5) is 0 Å². The number of carbonyl (C=O) groups excluding carboxylic acids is 1. The van der Waals surface area contributed by atoms with Crippen LogP contribution in [0.25, 0.3) is 21.9 Å². The summed E-state index contributed by atoms with van der Waals surface area (Å²) in [6.45, 7) is 7.88.